The minimum Gasteiger partial charge on any atom is -0.478 e. The first kappa shape index (κ1) is 69.5. The summed E-state index contributed by atoms with van der Waals surface area (Å²) in [5.41, 5.74) is 22.8. The van der Waals surface area contributed by atoms with Crippen molar-refractivity contribution < 1.29 is 109 Å². The third-order valence-electron chi connectivity index (χ3n) is 12.6. The molecule has 0 spiro atoms. The second-order valence-electron chi connectivity index (χ2n) is 18.9. The molecule has 0 aliphatic carbocycles. The first-order valence-electron chi connectivity index (χ1n) is 27.1. The zero-order valence-electron chi connectivity index (χ0n) is 47.9. The van der Waals surface area contributed by atoms with E-state index in [0.29, 0.717) is 26.4 Å². The SMILES string of the molecule is C#CCOCCOCCOCCOCCC(=O)N(CCCC(=O)NCCO[C@@H]([C@@H]1OC(C(=O)OC)=C[C@H](N=C(N)N)[C@H]1NC(C)=O)[C@H]1COC(=O)O1)CCC(=O)CCCO[C@@H]([C@@H]1OC(C(=O)OC)=C[C@H](N=C(N)N)[C@H]1NC(C)=O)[C@H]1COC(=O)O1. The van der Waals surface area contributed by atoms with Gasteiger partial charge in [-0.3, -0.25) is 24.0 Å². The molecule has 0 aromatic heterocycles. The fraction of sp³-hybridized carbons (Fsp3) is 0.673. The number of carbonyl (C=O) groups excluding carboxylic acids is 9. The van der Waals surface area contributed by atoms with Crippen LogP contribution in [0, 0.1) is 12.3 Å². The molecule has 11 N–H and O–H groups in total. The van der Waals surface area contributed by atoms with Crippen molar-refractivity contribution in [3.63, 3.8) is 0 Å². The van der Waals surface area contributed by atoms with Crippen molar-refractivity contribution in [1.82, 2.24) is 20.9 Å². The van der Waals surface area contributed by atoms with E-state index in [1.54, 1.807) is 0 Å². The highest BCUT2D eigenvalue weighted by atomic mass is 16.8. The van der Waals surface area contributed by atoms with E-state index in [4.69, 9.17) is 95.7 Å². The number of carbonyl (C=O) groups is 9. The van der Waals surface area contributed by atoms with Crippen molar-refractivity contribution in [2.45, 2.75) is 113 Å². The number of ether oxygens (including phenoxy) is 14. The largest absolute Gasteiger partial charge is 0.508 e. The standard InChI is InChI=1S/C52H78N10O23/c1-6-16-74-20-22-76-24-25-77-23-21-75-18-12-40(67)62(15-11-32(65)9-8-17-78-43(37-28-80-51(70)84-37)45-41(58-30(2)63)33(60-49(53)54)26-35(82-45)47(68)72-4)14-7-10-39(66)57-13-19-79-44(38-29-81-52(71)85-38)46-42(59-31(3)64)34(61-50(55)56)27-36(83-46)48(69)73-5/h1,26-27,33-34,37-38,41-46H,7-25,28-29H2,2-5H3,(H,57,66)(H,58,63)(H,59,64)(H4,53,54,60)(H4,55,56,61)/t33-,34-,37+,38+,41+,42+,43+,44+,45+,46+/m0/s1. The Balaban J connectivity index is 1.37. The number of Topliss-reactive ketones (excluding diaryl/α,β-unsaturated/α-hetero) is 1. The van der Waals surface area contributed by atoms with Gasteiger partial charge < -0.3 is 110 Å². The number of nitrogens with one attached hydrogen (secondary N) is 3. The average molecular weight is 1210 g/mol. The zero-order valence-corrected chi connectivity index (χ0v) is 47.9. The van der Waals surface area contributed by atoms with Gasteiger partial charge in [0.2, 0.25) is 35.1 Å². The Morgan fingerprint density at radius 1 is 0.635 bits per heavy atom. The molecule has 0 aromatic carbocycles. The Morgan fingerprint density at radius 2 is 1.12 bits per heavy atom. The van der Waals surface area contributed by atoms with Gasteiger partial charge in [-0.25, -0.2) is 29.2 Å². The number of nitrogens with two attached hydrogens (primary N) is 4. The molecule has 474 valence electrons. The zero-order chi connectivity index (χ0) is 62.3. The molecule has 0 saturated carbocycles. The molecular formula is C52H78N10O23. The third-order valence-corrected chi connectivity index (χ3v) is 12.6. The lowest BCUT2D eigenvalue weighted by atomic mass is 9.92. The van der Waals surface area contributed by atoms with Crippen LogP contribution in [0.2, 0.25) is 0 Å². The smallest absolute Gasteiger partial charge is 0.478 e. The van der Waals surface area contributed by atoms with Gasteiger partial charge >= 0.3 is 24.2 Å². The van der Waals surface area contributed by atoms with Crippen LogP contribution >= 0.6 is 0 Å². The molecule has 10 atom stereocenters. The Labute approximate surface area is 490 Å². The van der Waals surface area contributed by atoms with Crippen LogP contribution in [-0.2, 0) is 99.9 Å². The molecule has 4 aliphatic heterocycles. The maximum Gasteiger partial charge on any atom is 0.508 e. The molecule has 4 heterocycles. The summed E-state index contributed by atoms with van der Waals surface area (Å²) in [7, 11) is 2.23. The van der Waals surface area contributed by atoms with Gasteiger partial charge in [0.05, 0.1) is 97.7 Å². The lowest BCUT2D eigenvalue weighted by molar-refractivity contribution is -0.152. The van der Waals surface area contributed by atoms with E-state index in [9.17, 15) is 43.2 Å². The molecule has 85 heavy (non-hydrogen) atoms. The molecular weight excluding hydrogens is 1130 g/mol. The van der Waals surface area contributed by atoms with Crippen molar-refractivity contribution in [3.05, 3.63) is 23.7 Å². The van der Waals surface area contributed by atoms with Crippen molar-refractivity contribution in [1.29, 1.82) is 0 Å². The van der Waals surface area contributed by atoms with Crippen LogP contribution in [-0.4, -0.2) is 244 Å². The molecule has 4 amide bonds. The van der Waals surface area contributed by atoms with E-state index in [-0.39, 0.29) is 146 Å². The van der Waals surface area contributed by atoms with E-state index >= 15 is 0 Å². The first-order valence-corrected chi connectivity index (χ1v) is 27.1. The fourth-order valence-electron chi connectivity index (χ4n) is 8.87. The summed E-state index contributed by atoms with van der Waals surface area (Å²) >= 11 is 0. The Hall–Kier alpha value is -8.03. The van der Waals surface area contributed by atoms with E-state index < -0.39 is 103 Å². The average Bonchev–Trinajstić information content (AvgIpc) is 4.10. The van der Waals surface area contributed by atoms with Crippen molar-refractivity contribution >= 4 is 65.6 Å². The summed E-state index contributed by atoms with van der Waals surface area (Å²) in [6, 6.07) is -4.32. The topological polar surface area (TPSA) is 451 Å². The van der Waals surface area contributed by atoms with Crippen LogP contribution in [0.1, 0.15) is 52.4 Å². The van der Waals surface area contributed by atoms with E-state index in [1.165, 1.54) is 30.9 Å². The number of hydrogen-bond acceptors (Lipinski definition) is 25. The van der Waals surface area contributed by atoms with Crippen LogP contribution in [0.4, 0.5) is 9.59 Å². The van der Waals surface area contributed by atoms with Crippen molar-refractivity contribution in [2.24, 2.45) is 32.9 Å². The first-order chi connectivity index (χ1) is 40.7. The summed E-state index contributed by atoms with van der Waals surface area (Å²) in [4.78, 5) is 125. The highest BCUT2D eigenvalue weighted by Crippen LogP contribution is 2.31. The lowest BCUT2D eigenvalue weighted by Gasteiger charge is -2.40. The summed E-state index contributed by atoms with van der Waals surface area (Å²) in [6.07, 6.45) is -1.66. The van der Waals surface area contributed by atoms with Crippen LogP contribution in [0.5, 0.6) is 0 Å². The quantitative estimate of drug-likeness (QED) is 0.00787. The summed E-state index contributed by atoms with van der Waals surface area (Å²) in [5.74, 6) is -2.98. The highest BCUT2D eigenvalue weighted by molar-refractivity contribution is 5.88. The molecule has 0 radical (unpaired) electrons. The maximum atomic E-state index is 13.7. The molecule has 0 bridgehead atoms. The number of guanidine groups is 2. The number of amides is 4. The fourth-order valence-corrected chi connectivity index (χ4v) is 8.87. The molecule has 4 rings (SSSR count). The molecule has 2 saturated heterocycles. The molecule has 0 unspecified atom stereocenters. The minimum atomic E-state index is -1.29. The second kappa shape index (κ2) is 37.3. The normalized spacial score (nSPS) is 22.0. The number of cyclic esters (lactones) is 4. The van der Waals surface area contributed by atoms with Gasteiger partial charge in [-0.15, -0.1) is 6.42 Å². The number of rotatable bonds is 39. The third kappa shape index (κ3) is 24.6. The Kier molecular flexibility index (Phi) is 30.5. The van der Waals surface area contributed by atoms with Gasteiger partial charge in [-0.05, 0) is 25.0 Å². The van der Waals surface area contributed by atoms with E-state index in [2.05, 4.69) is 31.9 Å². The number of terminal acetylenes is 1. The van der Waals surface area contributed by atoms with Crippen LogP contribution in [0.25, 0.3) is 0 Å². The summed E-state index contributed by atoms with van der Waals surface area (Å²) < 4.78 is 76.4. The van der Waals surface area contributed by atoms with Crippen LogP contribution in [0.15, 0.2) is 33.7 Å². The highest BCUT2D eigenvalue weighted by Gasteiger charge is 2.50. The predicted octanol–water partition coefficient (Wildman–Crippen LogP) is -3.41. The van der Waals surface area contributed by atoms with E-state index in [0.717, 1.165) is 14.2 Å². The molecule has 0 aromatic rings. The van der Waals surface area contributed by atoms with Gasteiger partial charge in [-0.1, -0.05) is 5.92 Å². The van der Waals surface area contributed by atoms with E-state index in [1.807, 2.05) is 0 Å². The molecule has 2 fully saturated rings. The number of aliphatic imine (C=N–C) groups is 2. The number of methoxy groups -OCH3 is 2. The second-order valence-corrected chi connectivity index (χ2v) is 18.9. The number of hydrogen-bond donors (Lipinski definition) is 7. The molecule has 33 heteroatoms. The van der Waals surface area contributed by atoms with Gasteiger partial charge in [0.25, 0.3) is 0 Å². The molecule has 33 nitrogen and oxygen atoms in total. The monoisotopic (exact) mass is 1210 g/mol. The Bertz CT molecular complexity index is 2430. The van der Waals surface area contributed by atoms with Crippen molar-refractivity contribution in [3.8, 4) is 12.3 Å². The van der Waals surface area contributed by atoms with Gasteiger partial charge in [0, 0.05) is 59.4 Å². The maximum absolute atomic E-state index is 13.7. The molecule has 4 aliphatic rings. The predicted molar refractivity (Wildman–Crippen MR) is 291 cm³/mol. The number of ketones is 1. The Morgan fingerprint density at radius 3 is 1.56 bits per heavy atom. The van der Waals surface area contributed by atoms with Gasteiger partial charge in [0.1, 0.15) is 37.8 Å². The summed E-state index contributed by atoms with van der Waals surface area (Å²) in [6.45, 7) is 3.37. The van der Waals surface area contributed by atoms with Gasteiger partial charge in [-0.2, -0.15) is 0 Å². The minimum absolute atomic E-state index is 0.0208. The lowest BCUT2D eigenvalue weighted by Crippen LogP contribution is -2.60. The van der Waals surface area contributed by atoms with Crippen LogP contribution < -0.4 is 38.9 Å². The van der Waals surface area contributed by atoms with Crippen molar-refractivity contribution in [2.75, 3.05) is 113 Å². The summed E-state index contributed by atoms with van der Waals surface area (Å²) in [5, 5.41) is 8.12. The number of esters is 2. The van der Waals surface area contributed by atoms with Gasteiger partial charge in [0.15, 0.2) is 36.3 Å². The van der Waals surface area contributed by atoms with Crippen LogP contribution in [0.3, 0.4) is 0 Å². The number of nitrogens with zero attached hydrogens (tertiary/aromatic N) is 3.